The van der Waals surface area contributed by atoms with Gasteiger partial charge >= 0.3 is 0 Å². The fourth-order valence-corrected chi connectivity index (χ4v) is 2.89. The highest BCUT2D eigenvalue weighted by molar-refractivity contribution is 14.0. The number of nitrogens with one attached hydrogen (secondary N) is 2. The number of nitrogens with zero attached hydrogens (tertiary/aromatic N) is 5. The lowest BCUT2D eigenvalue weighted by Crippen LogP contribution is -2.44. The van der Waals surface area contributed by atoms with Crippen molar-refractivity contribution in [3.8, 4) is 0 Å². The summed E-state index contributed by atoms with van der Waals surface area (Å²) in [7, 11) is 3.82. The van der Waals surface area contributed by atoms with Crippen LogP contribution in [0.1, 0.15) is 25.2 Å². The van der Waals surface area contributed by atoms with Crippen molar-refractivity contribution in [3.63, 3.8) is 0 Å². The first kappa shape index (κ1) is 22.2. The van der Waals surface area contributed by atoms with Crippen molar-refractivity contribution in [2.24, 2.45) is 19.1 Å². The third kappa shape index (κ3) is 5.02. The highest BCUT2D eigenvalue weighted by Gasteiger charge is 2.25. The summed E-state index contributed by atoms with van der Waals surface area (Å²) in [5, 5.41) is 21.3. The Morgan fingerprint density at radius 1 is 1.25 bits per heavy atom. The van der Waals surface area contributed by atoms with Crippen LogP contribution in [0.3, 0.4) is 0 Å². The molecule has 2 aromatic heterocycles. The molecule has 3 N–H and O–H groups in total. The van der Waals surface area contributed by atoms with Gasteiger partial charge in [-0.2, -0.15) is 5.10 Å². The molecule has 0 amide bonds. The third-order valence-corrected chi connectivity index (χ3v) is 4.53. The molecule has 0 radical (unpaired) electrons. The molecule has 0 saturated carbocycles. The first-order chi connectivity index (χ1) is 12.9. The van der Waals surface area contributed by atoms with Gasteiger partial charge in [-0.1, -0.05) is 12.1 Å². The molecule has 2 heterocycles. The molecule has 28 heavy (non-hydrogen) atoms. The number of fused-ring (bicyclic) bond motifs is 1. The minimum atomic E-state index is -1.05. The number of halogens is 1. The summed E-state index contributed by atoms with van der Waals surface area (Å²) in [5.41, 5.74) is 1.74. The second-order valence-electron chi connectivity index (χ2n) is 6.80. The largest absolute Gasteiger partial charge is 0.383 e. The lowest BCUT2D eigenvalue weighted by Gasteiger charge is -2.23. The van der Waals surface area contributed by atoms with Crippen LogP contribution in [0, 0.1) is 0 Å². The molecule has 0 saturated heterocycles. The van der Waals surface area contributed by atoms with Gasteiger partial charge in [0.2, 0.25) is 0 Å². The van der Waals surface area contributed by atoms with E-state index in [1.54, 1.807) is 17.8 Å². The van der Waals surface area contributed by atoms with E-state index in [1.807, 2.05) is 56.0 Å². The molecular formula is C19H28IN7O. The normalized spacial score (nSPS) is 13.8. The van der Waals surface area contributed by atoms with Gasteiger partial charge in [-0.25, -0.2) is 9.98 Å². The second-order valence-corrected chi connectivity index (χ2v) is 6.80. The second kappa shape index (κ2) is 9.37. The van der Waals surface area contributed by atoms with Gasteiger partial charge in [0.05, 0.1) is 23.8 Å². The fourth-order valence-electron chi connectivity index (χ4n) is 2.89. The van der Waals surface area contributed by atoms with E-state index < -0.39 is 5.60 Å². The van der Waals surface area contributed by atoms with E-state index in [0.29, 0.717) is 19.0 Å². The Labute approximate surface area is 182 Å². The maximum atomic E-state index is 10.7. The van der Waals surface area contributed by atoms with Crippen LogP contribution in [0.4, 0.5) is 0 Å². The summed E-state index contributed by atoms with van der Waals surface area (Å²) in [6.07, 6.45) is 3.48. The quantitative estimate of drug-likeness (QED) is 0.275. The molecule has 0 bridgehead atoms. The molecule has 8 nitrogen and oxygen atoms in total. The van der Waals surface area contributed by atoms with Crippen molar-refractivity contribution in [2.75, 3.05) is 13.1 Å². The maximum Gasteiger partial charge on any atom is 0.191 e. The minimum absolute atomic E-state index is 0. The molecular weight excluding hydrogens is 469 g/mol. The van der Waals surface area contributed by atoms with Crippen molar-refractivity contribution < 1.29 is 5.11 Å². The molecule has 1 unspecified atom stereocenters. The Morgan fingerprint density at radius 3 is 2.64 bits per heavy atom. The van der Waals surface area contributed by atoms with E-state index in [0.717, 1.165) is 29.0 Å². The Bertz CT molecular complexity index is 945. The Hall–Kier alpha value is -2.14. The van der Waals surface area contributed by atoms with E-state index in [2.05, 4.69) is 25.7 Å². The van der Waals surface area contributed by atoms with E-state index in [9.17, 15) is 5.11 Å². The summed E-state index contributed by atoms with van der Waals surface area (Å²) in [5.74, 6) is 1.51. The van der Waals surface area contributed by atoms with Gasteiger partial charge < -0.3 is 20.3 Å². The molecule has 0 aliphatic heterocycles. The number of hydrogen-bond acceptors (Lipinski definition) is 4. The smallest absolute Gasteiger partial charge is 0.191 e. The molecule has 3 aromatic rings. The number of aliphatic hydroxyl groups is 1. The van der Waals surface area contributed by atoms with Crippen LogP contribution in [0.25, 0.3) is 11.0 Å². The number of hydrogen-bond donors (Lipinski definition) is 3. The molecule has 0 fully saturated rings. The van der Waals surface area contributed by atoms with Crippen LogP contribution in [-0.4, -0.2) is 43.5 Å². The van der Waals surface area contributed by atoms with Crippen LogP contribution < -0.4 is 10.6 Å². The summed E-state index contributed by atoms with van der Waals surface area (Å²) in [6.45, 7) is 5.24. The van der Waals surface area contributed by atoms with Gasteiger partial charge in [0.1, 0.15) is 18.0 Å². The first-order valence-electron chi connectivity index (χ1n) is 9.04. The average Bonchev–Trinajstić information content (AvgIpc) is 3.22. The van der Waals surface area contributed by atoms with Gasteiger partial charge in [-0.3, -0.25) is 4.68 Å². The predicted molar refractivity (Wildman–Crippen MR) is 122 cm³/mol. The predicted octanol–water partition coefficient (Wildman–Crippen LogP) is 1.89. The van der Waals surface area contributed by atoms with E-state index in [4.69, 9.17) is 0 Å². The SMILES string of the molecule is CCNC(=NCc1nc2ccccc2n1C)NCC(C)(O)c1cnn(C)c1.I. The average molecular weight is 497 g/mol. The minimum Gasteiger partial charge on any atom is -0.383 e. The molecule has 1 aromatic carbocycles. The number of para-hydroxylation sites is 2. The molecule has 1 atom stereocenters. The molecule has 0 spiro atoms. The zero-order chi connectivity index (χ0) is 19.4. The molecule has 3 rings (SSSR count). The maximum absolute atomic E-state index is 10.7. The number of guanidine groups is 1. The van der Waals surface area contributed by atoms with E-state index >= 15 is 0 Å². The summed E-state index contributed by atoms with van der Waals surface area (Å²) in [6, 6.07) is 8.03. The topological polar surface area (TPSA) is 92.3 Å². The summed E-state index contributed by atoms with van der Waals surface area (Å²) >= 11 is 0. The van der Waals surface area contributed by atoms with Gasteiger partial charge in [-0.15, -0.1) is 24.0 Å². The molecule has 0 aliphatic carbocycles. The number of imidazole rings is 1. The Morgan fingerprint density at radius 2 is 2.00 bits per heavy atom. The van der Waals surface area contributed by atoms with Crippen LogP contribution in [-0.2, 0) is 26.2 Å². The van der Waals surface area contributed by atoms with Crippen LogP contribution in [0.2, 0.25) is 0 Å². The number of rotatable bonds is 6. The van der Waals surface area contributed by atoms with E-state index in [-0.39, 0.29) is 24.0 Å². The molecule has 0 aliphatic rings. The summed E-state index contributed by atoms with van der Waals surface area (Å²) < 4.78 is 3.73. The van der Waals surface area contributed by atoms with Crippen LogP contribution in [0.15, 0.2) is 41.7 Å². The fraction of sp³-hybridized carbons (Fsp3) is 0.421. The highest BCUT2D eigenvalue weighted by atomic mass is 127. The molecule has 152 valence electrons. The lowest BCUT2D eigenvalue weighted by molar-refractivity contribution is 0.0616. The van der Waals surface area contributed by atoms with E-state index in [1.165, 1.54) is 0 Å². The van der Waals surface area contributed by atoms with Crippen LogP contribution in [0.5, 0.6) is 0 Å². The number of aryl methyl sites for hydroxylation is 2. The Kier molecular flexibility index (Phi) is 7.41. The monoisotopic (exact) mass is 497 g/mol. The number of benzene rings is 1. The Balaban J connectivity index is 0.00000280. The standard InChI is InChI=1S/C19H27N7O.HI/c1-5-20-18(22-13-19(2,27)14-10-23-25(3)12-14)21-11-17-24-15-8-6-7-9-16(15)26(17)4;/h6-10,12,27H,5,11,13H2,1-4H3,(H2,20,21,22);1H. The molecule has 9 heteroatoms. The zero-order valence-electron chi connectivity index (χ0n) is 16.7. The van der Waals surface area contributed by atoms with Crippen molar-refractivity contribution >= 4 is 41.0 Å². The van der Waals surface area contributed by atoms with Crippen molar-refractivity contribution in [1.29, 1.82) is 0 Å². The van der Waals surface area contributed by atoms with Crippen molar-refractivity contribution in [1.82, 2.24) is 30.0 Å². The summed E-state index contributed by atoms with van der Waals surface area (Å²) in [4.78, 5) is 9.26. The van der Waals surface area contributed by atoms with Gasteiger partial charge in [0, 0.05) is 32.4 Å². The van der Waals surface area contributed by atoms with Gasteiger partial charge in [0.25, 0.3) is 0 Å². The van der Waals surface area contributed by atoms with Gasteiger partial charge in [0.15, 0.2) is 5.96 Å². The van der Waals surface area contributed by atoms with Crippen molar-refractivity contribution in [2.45, 2.75) is 26.0 Å². The van der Waals surface area contributed by atoms with Crippen LogP contribution >= 0.6 is 24.0 Å². The number of aliphatic imine (C=N–C) groups is 1. The third-order valence-electron chi connectivity index (χ3n) is 4.53. The van der Waals surface area contributed by atoms with Crippen molar-refractivity contribution in [3.05, 3.63) is 48.0 Å². The van der Waals surface area contributed by atoms with Gasteiger partial charge in [-0.05, 0) is 26.0 Å². The highest BCUT2D eigenvalue weighted by Crippen LogP contribution is 2.18. The zero-order valence-corrected chi connectivity index (χ0v) is 19.0. The number of aromatic nitrogens is 4. The first-order valence-corrected chi connectivity index (χ1v) is 9.04. The lowest BCUT2D eigenvalue weighted by atomic mass is 10.00.